The Balaban J connectivity index is 2.15. The van der Waals surface area contributed by atoms with Crippen molar-refractivity contribution in [3.63, 3.8) is 0 Å². The van der Waals surface area contributed by atoms with Crippen molar-refractivity contribution in [1.29, 1.82) is 0 Å². The van der Waals surface area contributed by atoms with Crippen molar-refractivity contribution in [3.8, 4) is 10.9 Å². The molecule has 2 aromatic rings. The minimum atomic E-state index is 0.470. The van der Waals surface area contributed by atoms with Gasteiger partial charge in [-0.1, -0.05) is 40.6 Å². The molecular weight excluding hydrogens is 218 g/mol. The zero-order valence-electron chi connectivity index (χ0n) is 7.53. The molecule has 0 radical (unpaired) electrons. The van der Waals surface area contributed by atoms with Gasteiger partial charge in [0.1, 0.15) is 10.9 Å². The number of rotatable bonds is 2. The van der Waals surface area contributed by atoms with Gasteiger partial charge in [0.2, 0.25) is 0 Å². The Morgan fingerprint density at radius 3 is 2.57 bits per heavy atom. The number of hydrogen-bond acceptors (Lipinski definition) is 3. The van der Waals surface area contributed by atoms with Crippen molar-refractivity contribution in [2.45, 2.75) is 6.92 Å². The van der Waals surface area contributed by atoms with Crippen LogP contribution >= 0.6 is 22.9 Å². The summed E-state index contributed by atoms with van der Waals surface area (Å²) in [6, 6.07) is 7.80. The van der Waals surface area contributed by atoms with Gasteiger partial charge < -0.3 is 4.74 Å². The third-order valence-electron chi connectivity index (χ3n) is 1.68. The molecule has 0 spiro atoms. The highest BCUT2D eigenvalue weighted by atomic mass is 35.5. The molecule has 0 atom stereocenters. The molecule has 2 nitrogen and oxygen atoms in total. The lowest BCUT2D eigenvalue weighted by molar-refractivity contribution is 0.479. The van der Waals surface area contributed by atoms with Gasteiger partial charge in [0.25, 0.3) is 5.19 Å². The van der Waals surface area contributed by atoms with Gasteiger partial charge >= 0.3 is 0 Å². The lowest BCUT2D eigenvalue weighted by Gasteiger charge is -2.00. The lowest BCUT2D eigenvalue weighted by Crippen LogP contribution is -1.82. The van der Waals surface area contributed by atoms with Crippen LogP contribution in [0.3, 0.4) is 0 Å². The Morgan fingerprint density at radius 1 is 1.29 bits per heavy atom. The average molecular weight is 226 g/mol. The SMILES string of the molecule is Cc1ccc(Oc2nc(Cl)cs2)cc1. The fourth-order valence-electron chi connectivity index (χ4n) is 0.993. The Kier molecular flexibility index (Phi) is 2.70. The molecule has 1 aromatic carbocycles. The highest BCUT2D eigenvalue weighted by Crippen LogP contribution is 2.26. The Labute approximate surface area is 91.1 Å². The summed E-state index contributed by atoms with van der Waals surface area (Å²) in [6.45, 7) is 2.03. The summed E-state index contributed by atoms with van der Waals surface area (Å²) in [5.74, 6) is 0.779. The monoisotopic (exact) mass is 225 g/mol. The summed E-state index contributed by atoms with van der Waals surface area (Å²) < 4.78 is 5.48. The van der Waals surface area contributed by atoms with Gasteiger partial charge in [-0.2, -0.15) is 4.98 Å². The van der Waals surface area contributed by atoms with E-state index < -0.39 is 0 Å². The van der Waals surface area contributed by atoms with Gasteiger partial charge in [-0.3, -0.25) is 0 Å². The second-order valence-corrected chi connectivity index (χ2v) is 4.06. The van der Waals surface area contributed by atoms with Crippen molar-refractivity contribution in [1.82, 2.24) is 4.98 Å². The fraction of sp³-hybridized carbons (Fsp3) is 0.100. The van der Waals surface area contributed by atoms with E-state index in [1.165, 1.54) is 16.9 Å². The first-order chi connectivity index (χ1) is 6.74. The maximum Gasteiger partial charge on any atom is 0.280 e. The summed E-state index contributed by atoms with van der Waals surface area (Å²) in [4.78, 5) is 3.99. The maximum absolute atomic E-state index is 5.67. The highest BCUT2D eigenvalue weighted by Gasteiger charge is 2.01. The first-order valence-electron chi connectivity index (χ1n) is 4.09. The standard InChI is InChI=1S/C10H8ClNOS/c1-7-2-4-8(5-3-7)13-10-12-9(11)6-14-10/h2-6H,1H3. The van der Waals surface area contributed by atoms with Crippen molar-refractivity contribution in [2.24, 2.45) is 0 Å². The molecule has 4 heteroatoms. The first-order valence-corrected chi connectivity index (χ1v) is 5.35. The van der Waals surface area contributed by atoms with Crippen LogP contribution in [0.2, 0.25) is 5.15 Å². The van der Waals surface area contributed by atoms with E-state index in [1.807, 2.05) is 31.2 Å². The van der Waals surface area contributed by atoms with E-state index in [1.54, 1.807) is 5.38 Å². The van der Waals surface area contributed by atoms with E-state index in [4.69, 9.17) is 16.3 Å². The van der Waals surface area contributed by atoms with E-state index in [0.717, 1.165) is 5.75 Å². The smallest absolute Gasteiger partial charge is 0.280 e. The van der Waals surface area contributed by atoms with Crippen LogP contribution in [-0.2, 0) is 0 Å². The van der Waals surface area contributed by atoms with E-state index in [-0.39, 0.29) is 0 Å². The van der Waals surface area contributed by atoms with E-state index >= 15 is 0 Å². The van der Waals surface area contributed by atoms with Gasteiger partial charge in [0.15, 0.2) is 0 Å². The number of benzene rings is 1. The van der Waals surface area contributed by atoms with Gasteiger partial charge in [0, 0.05) is 5.38 Å². The van der Waals surface area contributed by atoms with Crippen LogP contribution in [-0.4, -0.2) is 4.98 Å². The average Bonchev–Trinajstić information content (AvgIpc) is 2.56. The molecule has 72 valence electrons. The summed E-state index contributed by atoms with van der Waals surface area (Å²) in [7, 11) is 0. The molecule has 14 heavy (non-hydrogen) atoms. The van der Waals surface area contributed by atoms with Crippen LogP contribution in [0.4, 0.5) is 0 Å². The molecule has 0 unspecified atom stereocenters. The van der Waals surface area contributed by atoms with Crippen molar-refractivity contribution in [2.75, 3.05) is 0 Å². The number of thiazole rings is 1. The third-order valence-corrected chi connectivity index (χ3v) is 2.72. The van der Waals surface area contributed by atoms with Crippen molar-refractivity contribution < 1.29 is 4.74 Å². The Morgan fingerprint density at radius 2 is 2.00 bits per heavy atom. The lowest BCUT2D eigenvalue weighted by atomic mass is 10.2. The maximum atomic E-state index is 5.67. The molecule has 0 fully saturated rings. The number of halogens is 1. The largest absolute Gasteiger partial charge is 0.431 e. The zero-order chi connectivity index (χ0) is 9.97. The number of hydrogen-bond donors (Lipinski definition) is 0. The van der Waals surface area contributed by atoms with Crippen LogP contribution in [0.25, 0.3) is 0 Å². The molecule has 0 saturated heterocycles. The predicted molar refractivity (Wildman–Crippen MR) is 58.4 cm³/mol. The molecule has 0 saturated carbocycles. The zero-order valence-corrected chi connectivity index (χ0v) is 9.10. The molecule has 0 amide bonds. The molecule has 2 rings (SSSR count). The molecule has 0 bridgehead atoms. The predicted octanol–water partition coefficient (Wildman–Crippen LogP) is 3.90. The van der Waals surface area contributed by atoms with Crippen LogP contribution in [0.5, 0.6) is 10.9 Å². The van der Waals surface area contributed by atoms with Gasteiger partial charge in [-0.15, -0.1) is 0 Å². The van der Waals surface area contributed by atoms with Crippen LogP contribution in [0, 0.1) is 6.92 Å². The second-order valence-electron chi connectivity index (χ2n) is 2.85. The van der Waals surface area contributed by atoms with E-state index in [0.29, 0.717) is 10.3 Å². The molecule has 0 aliphatic rings. The Hall–Kier alpha value is -1.06. The van der Waals surface area contributed by atoms with Crippen molar-refractivity contribution >= 4 is 22.9 Å². The Bertz CT molecular complexity index is 424. The number of aromatic nitrogens is 1. The van der Waals surface area contributed by atoms with Crippen LogP contribution in [0.1, 0.15) is 5.56 Å². The summed E-state index contributed by atoms with van der Waals surface area (Å²) >= 11 is 7.05. The highest BCUT2D eigenvalue weighted by molar-refractivity contribution is 7.11. The minimum Gasteiger partial charge on any atom is -0.431 e. The first kappa shape index (κ1) is 9.49. The molecule has 0 N–H and O–H groups in total. The molecule has 1 aromatic heterocycles. The third kappa shape index (κ3) is 2.25. The molecular formula is C10H8ClNOS. The van der Waals surface area contributed by atoms with Gasteiger partial charge in [-0.25, -0.2) is 0 Å². The molecule has 0 aliphatic heterocycles. The minimum absolute atomic E-state index is 0.470. The topological polar surface area (TPSA) is 22.1 Å². The quantitative estimate of drug-likeness (QED) is 0.774. The van der Waals surface area contributed by atoms with Crippen LogP contribution < -0.4 is 4.74 Å². The van der Waals surface area contributed by atoms with Crippen molar-refractivity contribution in [3.05, 3.63) is 40.4 Å². The van der Waals surface area contributed by atoms with Gasteiger partial charge in [-0.05, 0) is 19.1 Å². The summed E-state index contributed by atoms with van der Waals surface area (Å²) in [5.41, 5.74) is 1.20. The fourth-order valence-corrected chi connectivity index (χ4v) is 1.80. The summed E-state index contributed by atoms with van der Waals surface area (Å²) in [6.07, 6.45) is 0. The number of nitrogens with zero attached hydrogens (tertiary/aromatic N) is 1. The molecule has 0 aliphatic carbocycles. The second kappa shape index (κ2) is 3.98. The van der Waals surface area contributed by atoms with E-state index in [9.17, 15) is 0 Å². The normalized spacial score (nSPS) is 10.1. The van der Waals surface area contributed by atoms with Crippen LogP contribution in [0.15, 0.2) is 29.6 Å². The number of aryl methyl sites for hydroxylation is 1. The summed E-state index contributed by atoms with van der Waals surface area (Å²) in [5, 5.41) is 2.78. The molecule has 1 heterocycles. The van der Waals surface area contributed by atoms with E-state index in [2.05, 4.69) is 4.98 Å². The van der Waals surface area contributed by atoms with Gasteiger partial charge in [0.05, 0.1) is 0 Å². The number of ether oxygens (including phenoxy) is 1.